The maximum absolute atomic E-state index is 13.6. The Morgan fingerprint density at radius 3 is 0.916 bits per heavy atom. The molecule has 11 aliphatic heterocycles. The van der Waals surface area contributed by atoms with Gasteiger partial charge in [-0.05, 0) is 240 Å². The van der Waals surface area contributed by atoms with Crippen LogP contribution < -0.4 is 40.9 Å². The number of amides is 4. The number of epoxide rings is 7. The molecule has 11 heterocycles. The third-order valence-electron chi connectivity index (χ3n) is 30.3. The van der Waals surface area contributed by atoms with E-state index >= 15 is 0 Å². The van der Waals surface area contributed by atoms with Gasteiger partial charge in [-0.25, -0.2) is 0 Å². The summed E-state index contributed by atoms with van der Waals surface area (Å²) in [6.07, 6.45) is 25.1. The number of anilines is 12. The molecule has 0 bridgehead atoms. The summed E-state index contributed by atoms with van der Waals surface area (Å²) in [6, 6.07) is 29.3. The van der Waals surface area contributed by atoms with Crippen LogP contribution in [0.4, 0.5) is 68.2 Å². The molecular weight excluding hydrogens is 1830 g/mol. The Labute approximate surface area is 835 Å². The fraction of sp³-hybridized carbons (Fsp3) is 0.482. The number of phenolic OH excluding ortho intramolecular Hbond substituents is 12. The van der Waals surface area contributed by atoms with Crippen LogP contribution in [0, 0.1) is 11.8 Å². The van der Waals surface area contributed by atoms with Gasteiger partial charge >= 0.3 is 0 Å². The Kier molecular flexibility index (Phi) is 29.3. The number of allylic oxidation sites excluding steroid dienone is 4. The lowest BCUT2D eigenvalue weighted by atomic mass is 9.92. The van der Waals surface area contributed by atoms with E-state index in [9.17, 15) is 80.5 Å². The topological polar surface area (TPSA) is 460 Å². The predicted molar refractivity (Wildman–Crippen MR) is 550 cm³/mol. The highest BCUT2D eigenvalue weighted by molar-refractivity contribution is 6.18. The van der Waals surface area contributed by atoms with Crippen molar-refractivity contribution in [3.8, 4) is 69.0 Å². The van der Waals surface area contributed by atoms with E-state index in [2.05, 4.69) is 117 Å². The zero-order valence-corrected chi connectivity index (χ0v) is 84.7. The second-order valence-electron chi connectivity index (χ2n) is 43.4. The number of benzene rings is 8. The number of hydrogen-bond donors (Lipinski definition) is 16. The van der Waals surface area contributed by atoms with Crippen molar-refractivity contribution >= 4 is 91.9 Å². The monoisotopic (exact) mass is 1970 g/mol. The molecule has 4 amide bonds. The molecule has 8 aromatic rings. The molecule has 19 rings (SSSR count). The van der Waals surface area contributed by atoms with Gasteiger partial charge in [0.05, 0.1) is 151 Å². The van der Waals surface area contributed by atoms with Crippen molar-refractivity contribution in [1.82, 2.24) is 0 Å². The first-order chi connectivity index (χ1) is 67.6. The molecule has 11 aliphatic rings. The first-order valence-electron chi connectivity index (χ1n) is 50.2. The summed E-state index contributed by atoms with van der Waals surface area (Å²) in [6.45, 7) is 35.3. The maximum Gasteiger partial charge on any atom is 0.260 e. The van der Waals surface area contributed by atoms with E-state index in [1.807, 2.05) is 32.9 Å². The molecule has 7 saturated heterocycles. The number of nitrogens with one attached hydrogen (secondary N) is 4. The van der Waals surface area contributed by atoms with Crippen molar-refractivity contribution in [2.75, 3.05) is 67.0 Å². The third-order valence-corrected chi connectivity index (χ3v) is 30.3. The van der Waals surface area contributed by atoms with Crippen LogP contribution in [0.15, 0.2) is 156 Å². The minimum absolute atomic E-state index is 0.00492. The van der Waals surface area contributed by atoms with Gasteiger partial charge in [-0.15, -0.1) is 0 Å². The summed E-state index contributed by atoms with van der Waals surface area (Å²) in [5.74, 6) is -1.86. The van der Waals surface area contributed by atoms with Gasteiger partial charge in [0.1, 0.15) is 104 Å². The molecule has 8 aromatic carbocycles. The Morgan fingerprint density at radius 2 is 0.587 bits per heavy atom. The van der Waals surface area contributed by atoms with Crippen molar-refractivity contribution in [1.29, 1.82) is 0 Å². The van der Waals surface area contributed by atoms with E-state index in [0.29, 0.717) is 40.9 Å². The minimum atomic E-state index is -0.408. The Balaban J connectivity index is 0.000000137. The Hall–Kier alpha value is -12.6. The molecule has 16 N–H and O–H groups in total. The summed E-state index contributed by atoms with van der Waals surface area (Å²) in [7, 11) is 0. The lowest BCUT2D eigenvalue weighted by Gasteiger charge is -2.23. The van der Waals surface area contributed by atoms with Crippen molar-refractivity contribution < 1.29 is 114 Å². The van der Waals surface area contributed by atoms with E-state index in [-0.39, 0.29) is 251 Å². The van der Waals surface area contributed by atoms with E-state index in [4.69, 9.17) is 33.2 Å². The number of nitrogens with zero attached hydrogens (tertiary/aromatic N) is 4. The average molecular weight is 1970 g/mol. The fourth-order valence-corrected chi connectivity index (χ4v) is 20.3. The van der Waals surface area contributed by atoms with Gasteiger partial charge in [0.15, 0.2) is 0 Å². The van der Waals surface area contributed by atoms with E-state index in [1.165, 1.54) is 124 Å². The summed E-state index contributed by atoms with van der Waals surface area (Å²) in [5, 5.41) is 136. The minimum Gasteiger partial charge on any atom is -0.508 e. The molecule has 143 heavy (non-hydrogen) atoms. The van der Waals surface area contributed by atoms with Crippen molar-refractivity contribution in [3.63, 3.8) is 0 Å². The highest BCUT2D eigenvalue weighted by Crippen LogP contribution is 2.57. The number of ether oxygens (including phenoxy) is 7. The second-order valence-corrected chi connectivity index (χ2v) is 43.4. The number of phenols is 12. The zero-order chi connectivity index (χ0) is 103. The van der Waals surface area contributed by atoms with Crippen LogP contribution in [0.1, 0.15) is 268 Å². The first kappa shape index (κ1) is 103. The van der Waals surface area contributed by atoms with Gasteiger partial charge in [0, 0.05) is 61.6 Å². The molecule has 0 aliphatic carbocycles. The molecule has 0 aromatic heterocycles. The third kappa shape index (κ3) is 23.3. The fourth-order valence-electron chi connectivity index (χ4n) is 20.3. The largest absolute Gasteiger partial charge is 0.508 e. The van der Waals surface area contributed by atoms with E-state index < -0.39 is 5.60 Å². The predicted octanol–water partition coefficient (Wildman–Crippen LogP) is 22.3. The molecule has 766 valence electrons. The first-order valence-corrected chi connectivity index (χ1v) is 50.2. The Bertz CT molecular complexity index is 6290. The Morgan fingerprint density at radius 1 is 0.315 bits per heavy atom. The van der Waals surface area contributed by atoms with Crippen LogP contribution in [0.5, 0.6) is 69.0 Å². The summed E-state index contributed by atoms with van der Waals surface area (Å²) in [4.78, 5) is 60.1. The van der Waals surface area contributed by atoms with Crippen LogP contribution in [-0.2, 0) is 33.2 Å². The van der Waals surface area contributed by atoms with Gasteiger partial charge in [0.25, 0.3) is 23.6 Å². The smallest absolute Gasteiger partial charge is 0.260 e. The van der Waals surface area contributed by atoms with Crippen LogP contribution in [0.2, 0.25) is 0 Å². The normalized spacial score (nSPS) is 25.5. The molecule has 12 atom stereocenters. The number of hydrogen-bond acceptors (Lipinski definition) is 27. The van der Waals surface area contributed by atoms with Crippen LogP contribution in [0.25, 0.3) is 0 Å². The standard InChI is InChI=1S/C28H34N2O7.C28H34N2O6.2C28H36N2O5/c1-26(2)20(35-26)8-10-27(3)21(36-27)9-11-28(4)22(37-28)14-30-17-12-15(31)13-19(33)24(17)29-23-16(25(30)34)6-5-7-18(23)32;1-16(8-9-23-28(4,36-23)12-10-22-27(2,3)35-22)11-13-30-19-14-17(31)15-21(33)25(19)29-24-18(26(30)34)6-5-7-20(24)32;1-17(2)8-5-9-18(3)10-7-13-28(4)24(35-28)16-30-21-14-19(31)15-23(33)26(21)29-25-20(27(30)34)11-6-12-22(25)32;1-17(2)7-6-13-28(4)24(35-28)11-10-18(3)12-14-30-21-15-19(31)16-23(33)26(21)29-25-20(27(30)34)8-5-9-22(25)32/h5-7,12-13,20-22,29,31-33H,8-11,14H2,1-4H3;5-7,11,14-15,22-23,29,31-33H,8-10,12-13H2,1-4H3;6,10-12,14-15,17,24,29,31-33H,5,7-9,13,16H2,1-4H3;5,8-9,12,15-17,24,29,31-33H,6-7,10-11,13-14H2,1-4H3/b;16-11+;18-10+;18-12+. The van der Waals surface area contributed by atoms with Crippen LogP contribution >= 0.6 is 0 Å². The second kappa shape index (κ2) is 40.5. The molecule has 12 unspecified atom stereocenters. The SMILES string of the molecule is C/C(=C\CCC1(C)OC1CN1C(=O)c2cccc(O)c2Nc2c(O)cc(O)cc21)CCCC(C)C.C/C(=C\CN1C(=O)c2cccc(O)c2Nc2c(O)cc(O)cc21)CCC1OC1(C)CCC1OC1(C)C.C/C(=C\CN1C(=O)c2cccc(O)c2Nc2c(O)cc(O)cc21)CCC1OC1(C)CCCC(C)C.CC1(C)OC1CCC1(C)OC1CCC1(C)OC1CN1C(=O)c2cccc(O)c2Nc2c(O)cc(O)cc21. The van der Waals surface area contributed by atoms with Gasteiger partial charge in [-0.1, -0.05) is 106 Å². The maximum atomic E-state index is 13.6. The molecule has 0 saturated carbocycles. The van der Waals surface area contributed by atoms with E-state index in [0.717, 1.165) is 107 Å². The van der Waals surface area contributed by atoms with Gasteiger partial charge in [-0.2, -0.15) is 0 Å². The van der Waals surface area contributed by atoms with Crippen LogP contribution in [0.3, 0.4) is 0 Å². The molecule has 0 radical (unpaired) electrons. The lowest BCUT2D eigenvalue weighted by Crippen LogP contribution is -2.35. The van der Waals surface area contributed by atoms with Crippen molar-refractivity contribution in [3.05, 3.63) is 179 Å². The average Bonchev–Trinajstić information content (AvgIpc) is 1.58. The number of carbonyl (C=O) groups excluding carboxylic acids is 4. The van der Waals surface area contributed by atoms with Gasteiger partial charge in [0.2, 0.25) is 0 Å². The highest BCUT2D eigenvalue weighted by atomic mass is 16.6. The number of aromatic hydroxyl groups is 12. The highest BCUT2D eigenvalue weighted by Gasteiger charge is 2.60. The van der Waals surface area contributed by atoms with E-state index in [1.54, 1.807) is 48.5 Å². The molecule has 31 heteroatoms. The van der Waals surface area contributed by atoms with Gasteiger partial charge in [-0.3, -0.25) is 19.2 Å². The van der Waals surface area contributed by atoms with Crippen LogP contribution in [-0.4, -0.2) is 193 Å². The van der Waals surface area contributed by atoms with Crippen molar-refractivity contribution in [2.45, 2.75) is 308 Å². The quantitative estimate of drug-likeness (QED) is 0.00771. The lowest BCUT2D eigenvalue weighted by molar-refractivity contribution is 0.0978. The summed E-state index contributed by atoms with van der Waals surface area (Å²) >= 11 is 0. The summed E-state index contributed by atoms with van der Waals surface area (Å²) in [5.41, 5.74) is 6.99. The number of para-hydroxylation sites is 4. The molecule has 31 nitrogen and oxygen atoms in total. The number of fused-ring (bicyclic) bond motifs is 8. The molecule has 0 spiro atoms. The zero-order valence-electron chi connectivity index (χ0n) is 84.7. The van der Waals surface area contributed by atoms with Crippen molar-refractivity contribution in [2.24, 2.45) is 11.8 Å². The molecule has 7 fully saturated rings. The summed E-state index contributed by atoms with van der Waals surface area (Å²) < 4.78 is 41.6. The molecular formula is C112H140N8O23. The van der Waals surface area contributed by atoms with Gasteiger partial charge < -0.3 is 135 Å². The number of carbonyl (C=O) groups is 4. The number of rotatable bonds is 34.